The summed E-state index contributed by atoms with van der Waals surface area (Å²) in [6.45, 7) is 3.93. The third kappa shape index (κ3) is 6.08. The number of amides is 2. The molecule has 2 aromatic heterocycles. The van der Waals surface area contributed by atoms with Crippen LogP contribution in [0.3, 0.4) is 0 Å². The highest BCUT2D eigenvalue weighted by Crippen LogP contribution is 2.32. The molecule has 2 N–H and O–H groups in total. The molecule has 0 bridgehead atoms. The van der Waals surface area contributed by atoms with Gasteiger partial charge >= 0.3 is 0 Å². The average Bonchev–Trinajstić information content (AvgIpc) is 3.65. The number of thiophene rings is 1. The van der Waals surface area contributed by atoms with Gasteiger partial charge in [-0.1, -0.05) is 66.2 Å². The molecule has 1 atom stereocenters. The Morgan fingerprint density at radius 1 is 1.00 bits per heavy atom. The van der Waals surface area contributed by atoms with E-state index in [1.165, 1.54) is 33.2 Å². The molecule has 202 valence electrons. The monoisotopic (exact) mass is 552 g/mol. The van der Waals surface area contributed by atoms with Gasteiger partial charge in [-0.15, -0.1) is 21.5 Å². The summed E-state index contributed by atoms with van der Waals surface area (Å²) in [4.78, 5) is 31.5. The second-order valence-corrected chi connectivity index (χ2v) is 10.3. The number of nitrogens with zero attached hydrogens (tertiary/aromatic N) is 5. The number of tetrazole rings is 1. The maximum atomic E-state index is 14.1. The minimum Gasteiger partial charge on any atom is -0.508 e. The molecule has 3 aromatic carbocycles. The molecular weight excluding hydrogens is 524 g/mol. The van der Waals surface area contributed by atoms with Crippen LogP contribution in [-0.4, -0.2) is 37.1 Å². The van der Waals surface area contributed by atoms with Gasteiger partial charge < -0.3 is 10.4 Å². The van der Waals surface area contributed by atoms with Crippen molar-refractivity contribution in [1.82, 2.24) is 25.5 Å². The lowest BCUT2D eigenvalue weighted by Crippen LogP contribution is -2.45. The molecule has 5 rings (SSSR count). The molecule has 2 amide bonds. The van der Waals surface area contributed by atoms with E-state index in [1.807, 2.05) is 79.9 Å². The van der Waals surface area contributed by atoms with Gasteiger partial charge in [0, 0.05) is 12.2 Å². The molecule has 0 spiro atoms. The topological polar surface area (TPSA) is 113 Å². The number of anilines is 1. The van der Waals surface area contributed by atoms with Crippen LogP contribution in [0.4, 0.5) is 5.69 Å². The van der Waals surface area contributed by atoms with Crippen molar-refractivity contribution in [2.75, 3.05) is 4.90 Å². The number of aromatic nitrogens is 4. The minimum absolute atomic E-state index is 0.0597. The van der Waals surface area contributed by atoms with E-state index < -0.39 is 11.9 Å². The van der Waals surface area contributed by atoms with Crippen molar-refractivity contribution in [3.8, 4) is 16.5 Å². The first-order valence-corrected chi connectivity index (χ1v) is 13.6. The van der Waals surface area contributed by atoms with E-state index in [2.05, 4.69) is 20.7 Å². The second kappa shape index (κ2) is 11.9. The summed E-state index contributed by atoms with van der Waals surface area (Å²) in [6, 6.07) is 24.3. The van der Waals surface area contributed by atoms with E-state index in [0.29, 0.717) is 17.1 Å². The number of carbonyl (C=O) groups excluding carboxylic acids is 2. The fourth-order valence-electron chi connectivity index (χ4n) is 4.46. The van der Waals surface area contributed by atoms with Crippen molar-refractivity contribution < 1.29 is 14.7 Å². The van der Waals surface area contributed by atoms with Gasteiger partial charge in [0.25, 0.3) is 5.91 Å². The molecule has 0 aliphatic rings. The lowest BCUT2D eigenvalue weighted by atomic mass is 10.0. The number of hydrogen-bond acceptors (Lipinski definition) is 7. The van der Waals surface area contributed by atoms with Gasteiger partial charge in [0.2, 0.25) is 11.7 Å². The van der Waals surface area contributed by atoms with Gasteiger partial charge in [0.1, 0.15) is 18.3 Å². The fourth-order valence-corrected chi connectivity index (χ4v) is 5.11. The Bertz CT molecular complexity index is 1600. The Hall–Kier alpha value is -4.83. The normalized spacial score (nSPS) is 11.7. The molecule has 0 aliphatic carbocycles. The summed E-state index contributed by atoms with van der Waals surface area (Å²) in [5.41, 5.74) is 3.92. The van der Waals surface area contributed by atoms with Crippen molar-refractivity contribution in [2.45, 2.75) is 33.0 Å². The molecule has 40 heavy (non-hydrogen) atoms. The lowest BCUT2D eigenvalue weighted by Gasteiger charge is -2.32. The quantitative estimate of drug-likeness (QED) is 0.271. The number of nitrogens with one attached hydrogen (secondary N) is 1. The van der Waals surface area contributed by atoms with Gasteiger partial charge in [-0.2, -0.15) is 4.80 Å². The SMILES string of the molecule is Cc1ccc(N(C(=O)Cn2nnc(-c3cccs3)n2)C(C(=O)NCc2ccccc2)c2ccc(O)cc2)c(C)c1. The zero-order valence-electron chi connectivity index (χ0n) is 22.1. The molecule has 9 nitrogen and oxygen atoms in total. The standard InChI is InChI=1S/C30H28N6O3S/c1-20-10-15-25(21(2)17-20)36(27(38)19-35-33-29(32-34-35)26-9-6-16-40-26)28(23-11-13-24(37)14-12-23)30(39)31-18-22-7-4-3-5-8-22/h3-17,28,37H,18-19H2,1-2H3,(H,31,39). The Morgan fingerprint density at radius 3 is 2.48 bits per heavy atom. The number of hydrogen-bond donors (Lipinski definition) is 2. The molecule has 2 heterocycles. The number of aryl methyl sites for hydroxylation is 2. The Balaban J connectivity index is 1.53. The summed E-state index contributed by atoms with van der Waals surface area (Å²) in [7, 11) is 0. The zero-order chi connectivity index (χ0) is 28.1. The van der Waals surface area contributed by atoms with Gasteiger partial charge in [0.05, 0.1) is 4.88 Å². The predicted octanol–water partition coefficient (Wildman–Crippen LogP) is 4.81. The highest BCUT2D eigenvalue weighted by Gasteiger charge is 2.34. The molecule has 0 saturated carbocycles. The van der Waals surface area contributed by atoms with Gasteiger partial charge in [-0.05, 0) is 65.4 Å². The van der Waals surface area contributed by atoms with Crippen LogP contribution in [0.2, 0.25) is 0 Å². The number of benzene rings is 3. The van der Waals surface area contributed by atoms with E-state index in [0.717, 1.165) is 21.6 Å². The number of phenols is 1. The molecule has 1 unspecified atom stereocenters. The maximum absolute atomic E-state index is 14.1. The Labute approximate surface area is 235 Å². The summed E-state index contributed by atoms with van der Waals surface area (Å²) >= 11 is 1.48. The highest BCUT2D eigenvalue weighted by atomic mass is 32.1. The largest absolute Gasteiger partial charge is 0.508 e. The van der Waals surface area contributed by atoms with E-state index in [9.17, 15) is 14.7 Å². The van der Waals surface area contributed by atoms with E-state index >= 15 is 0 Å². The van der Waals surface area contributed by atoms with Crippen LogP contribution in [0.15, 0.2) is 90.3 Å². The van der Waals surface area contributed by atoms with E-state index in [4.69, 9.17) is 0 Å². The van der Waals surface area contributed by atoms with Crippen LogP contribution in [0.1, 0.15) is 28.3 Å². The number of carbonyl (C=O) groups is 2. The summed E-state index contributed by atoms with van der Waals surface area (Å²) in [5, 5.41) is 27.4. The molecule has 10 heteroatoms. The predicted molar refractivity (Wildman–Crippen MR) is 154 cm³/mol. The maximum Gasteiger partial charge on any atom is 0.251 e. The van der Waals surface area contributed by atoms with Gasteiger partial charge in [-0.25, -0.2) is 0 Å². The number of aromatic hydroxyl groups is 1. The number of phenolic OH excluding ortho intramolecular Hbond substituents is 1. The lowest BCUT2D eigenvalue weighted by molar-refractivity contribution is -0.127. The minimum atomic E-state index is -1.03. The van der Waals surface area contributed by atoms with Crippen LogP contribution in [0, 0.1) is 13.8 Å². The first-order chi connectivity index (χ1) is 19.4. The first-order valence-electron chi connectivity index (χ1n) is 12.7. The summed E-state index contributed by atoms with van der Waals surface area (Å²) in [6.07, 6.45) is 0. The molecular formula is C30H28N6O3S. The third-order valence-corrected chi connectivity index (χ3v) is 7.24. The molecule has 0 saturated heterocycles. The van der Waals surface area contributed by atoms with E-state index in [1.54, 1.807) is 12.1 Å². The van der Waals surface area contributed by atoms with Crippen molar-refractivity contribution >= 4 is 28.8 Å². The Morgan fingerprint density at radius 2 is 1.77 bits per heavy atom. The van der Waals surface area contributed by atoms with Gasteiger partial charge in [-0.3, -0.25) is 14.5 Å². The van der Waals surface area contributed by atoms with Crippen LogP contribution in [-0.2, 0) is 22.7 Å². The summed E-state index contributed by atoms with van der Waals surface area (Å²) < 4.78 is 0. The average molecular weight is 553 g/mol. The molecule has 0 aliphatic heterocycles. The smallest absolute Gasteiger partial charge is 0.251 e. The van der Waals surface area contributed by atoms with Crippen LogP contribution < -0.4 is 10.2 Å². The van der Waals surface area contributed by atoms with Crippen molar-refractivity contribution in [3.05, 3.63) is 113 Å². The second-order valence-electron chi connectivity index (χ2n) is 9.37. The summed E-state index contributed by atoms with van der Waals surface area (Å²) in [5.74, 6) is -0.273. The zero-order valence-corrected chi connectivity index (χ0v) is 22.9. The van der Waals surface area contributed by atoms with Gasteiger partial charge in [0.15, 0.2) is 0 Å². The third-order valence-electron chi connectivity index (χ3n) is 6.38. The molecule has 0 radical (unpaired) electrons. The number of rotatable bonds is 9. The van der Waals surface area contributed by atoms with Crippen molar-refractivity contribution in [1.29, 1.82) is 0 Å². The van der Waals surface area contributed by atoms with Crippen molar-refractivity contribution in [3.63, 3.8) is 0 Å². The fraction of sp³-hybridized carbons (Fsp3) is 0.167. The Kier molecular flexibility index (Phi) is 7.97. The molecule has 0 fully saturated rings. The van der Waals surface area contributed by atoms with Crippen LogP contribution in [0.25, 0.3) is 10.7 Å². The van der Waals surface area contributed by atoms with Crippen molar-refractivity contribution in [2.24, 2.45) is 0 Å². The highest BCUT2D eigenvalue weighted by molar-refractivity contribution is 7.13. The molecule has 5 aromatic rings. The van der Waals surface area contributed by atoms with Crippen LogP contribution >= 0.6 is 11.3 Å². The van der Waals surface area contributed by atoms with Crippen LogP contribution in [0.5, 0.6) is 5.75 Å². The van der Waals surface area contributed by atoms with E-state index in [-0.39, 0.29) is 24.7 Å². The first kappa shape index (κ1) is 26.8.